The molecular weight excluding hydrogens is 264 g/mol. The maximum absolute atomic E-state index is 6.02. The molecule has 102 valence electrons. The first-order valence-electron chi connectivity index (χ1n) is 6.81. The van der Waals surface area contributed by atoms with Crippen molar-refractivity contribution in [2.24, 2.45) is 17.6 Å². The Labute approximate surface area is 119 Å². The second kappa shape index (κ2) is 6.38. The summed E-state index contributed by atoms with van der Waals surface area (Å²) in [5, 5.41) is 0. The summed E-state index contributed by atoms with van der Waals surface area (Å²) >= 11 is 7.69. The summed E-state index contributed by atoms with van der Waals surface area (Å²) in [5.41, 5.74) is 5.96. The number of halogens is 1. The Bertz CT molecular complexity index is 370. The van der Waals surface area contributed by atoms with Crippen LogP contribution < -0.4 is 5.73 Å². The van der Waals surface area contributed by atoms with Gasteiger partial charge in [0.05, 0.1) is 10.4 Å². The lowest BCUT2D eigenvalue weighted by molar-refractivity contribution is 0.119. The van der Waals surface area contributed by atoms with Gasteiger partial charge in [-0.1, -0.05) is 25.4 Å². The standard InChI is InChI=1S/C14H23ClN2S/c1-10(2)11-5-7-17(8-6-11)12(9-16)13-3-4-14(15)18-13/h3-4,10-12H,5-9,16H2,1-2H3. The molecule has 0 spiro atoms. The van der Waals surface area contributed by atoms with Crippen LogP contribution in [-0.4, -0.2) is 24.5 Å². The number of hydrogen-bond donors (Lipinski definition) is 1. The lowest BCUT2D eigenvalue weighted by atomic mass is 9.86. The second-order valence-corrected chi connectivity index (χ2v) is 7.26. The van der Waals surface area contributed by atoms with Crippen molar-refractivity contribution in [3.8, 4) is 0 Å². The van der Waals surface area contributed by atoms with Crippen molar-refractivity contribution in [2.45, 2.75) is 32.7 Å². The molecule has 0 aromatic carbocycles. The quantitative estimate of drug-likeness (QED) is 0.913. The summed E-state index contributed by atoms with van der Waals surface area (Å²) < 4.78 is 0.862. The van der Waals surface area contributed by atoms with Gasteiger partial charge >= 0.3 is 0 Å². The highest BCUT2D eigenvalue weighted by molar-refractivity contribution is 7.16. The first-order valence-corrected chi connectivity index (χ1v) is 8.00. The first-order chi connectivity index (χ1) is 8.61. The molecule has 0 amide bonds. The van der Waals surface area contributed by atoms with Crippen molar-refractivity contribution in [1.29, 1.82) is 0 Å². The summed E-state index contributed by atoms with van der Waals surface area (Å²) in [4.78, 5) is 3.84. The van der Waals surface area contributed by atoms with Crippen LogP contribution in [0, 0.1) is 11.8 Å². The molecule has 1 fully saturated rings. The fraction of sp³-hybridized carbons (Fsp3) is 0.714. The van der Waals surface area contributed by atoms with E-state index in [9.17, 15) is 0 Å². The average Bonchev–Trinajstić information content (AvgIpc) is 2.77. The van der Waals surface area contributed by atoms with Crippen LogP contribution in [0.4, 0.5) is 0 Å². The molecule has 1 aliphatic heterocycles. The van der Waals surface area contributed by atoms with Gasteiger partial charge in [-0.05, 0) is 49.9 Å². The van der Waals surface area contributed by atoms with E-state index in [2.05, 4.69) is 24.8 Å². The smallest absolute Gasteiger partial charge is 0.0931 e. The van der Waals surface area contributed by atoms with Crippen LogP contribution in [0.25, 0.3) is 0 Å². The summed E-state index contributed by atoms with van der Waals surface area (Å²) in [5.74, 6) is 1.69. The van der Waals surface area contributed by atoms with Crippen LogP contribution >= 0.6 is 22.9 Å². The van der Waals surface area contributed by atoms with E-state index >= 15 is 0 Å². The van der Waals surface area contributed by atoms with Crippen LogP contribution in [0.1, 0.15) is 37.6 Å². The minimum absolute atomic E-state index is 0.357. The summed E-state index contributed by atoms with van der Waals surface area (Å²) in [6, 6.07) is 4.46. The van der Waals surface area contributed by atoms with E-state index in [1.807, 2.05) is 6.07 Å². The van der Waals surface area contributed by atoms with Gasteiger partial charge in [-0.3, -0.25) is 4.90 Å². The van der Waals surface area contributed by atoms with Gasteiger partial charge in [0.25, 0.3) is 0 Å². The lowest BCUT2D eigenvalue weighted by Gasteiger charge is -2.38. The third-order valence-corrected chi connectivity index (χ3v) is 5.44. The highest BCUT2D eigenvalue weighted by Crippen LogP contribution is 2.33. The minimum Gasteiger partial charge on any atom is -0.329 e. The molecule has 1 saturated heterocycles. The highest BCUT2D eigenvalue weighted by atomic mass is 35.5. The van der Waals surface area contributed by atoms with Gasteiger partial charge in [0.15, 0.2) is 0 Å². The molecule has 18 heavy (non-hydrogen) atoms. The maximum atomic E-state index is 6.02. The molecular formula is C14H23ClN2S. The van der Waals surface area contributed by atoms with Crippen molar-refractivity contribution in [3.05, 3.63) is 21.3 Å². The van der Waals surface area contributed by atoms with Gasteiger partial charge in [-0.2, -0.15) is 0 Å². The minimum atomic E-state index is 0.357. The number of rotatable bonds is 4. The molecule has 2 rings (SSSR count). The predicted octanol–water partition coefficient (Wildman–Crippen LogP) is 3.77. The molecule has 1 aliphatic rings. The molecule has 1 aromatic rings. The molecule has 0 aliphatic carbocycles. The largest absolute Gasteiger partial charge is 0.329 e. The number of thiophene rings is 1. The summed E-state index contributed by atoms with van der Waals surface area (Å²) in [6.45, 7) is 7.68. The van der Waals surface area contributed by atoms with E-state index in [1.165, 1.54) is 30.8 Å². The molecule has 0 radical (unpaired) electrons. The Kier molecular flexibility index (Phi) is 5.07. The normalized spacial score (nSPS) is 20.5. The zero-order valence-corrected chi connectivity index (χ0v) is 12.8. The topological polar surface area (TPSA) is 29.3 Å². The van der Waals surface area contributed by atoms with Gasteiger partial charge in [0, 0.05) is 11.4 Å². The van der Waals surface area contributed by atoms with E-state index < -0.39 is 0 Å². The summed E-state index contributed by atoms with van der Waals surface area (Å²) in [7, 11) is 0. The Morgan fingerprint density at radius 3 is 2.50 bits per heavy atom. The molecule has 1 aromatic heterocycles. The third-order valence-electron chi connectivity index (χ3n) is 4.10. The molecule has 2 N–H and O–H groups in total. The van der Waals surface area contributed by atoms with Crippen molar-refractivity contribution >= 4 is 22.9 Å². The Balaban J connectivity index is 1.98. The van der Waals surface area contributed by atoms with E-state index in [4.69, 9.17) is 17.3 Å². The number of likely N-dealkylation sites (tertiary alicyclic amines) is 1. The van der Waals surface area contributed by atoms with Crippen LogP contribution in [-0.2, 0) is 0 Å². The van der Waals surface area contributed by atoms with Crippen molar-refractivity contribution in [1.82, 2.24) is 4.90 Å². The third kappa shape index (κ3) is 3.27. The molecule has 4 heteroatoms. The molecule has 0 saturated carbocycles. The van der Waals surface area contributed by atoms with Crippen LogP contribution in [0.5, 0.6) is 0 Å². The Morgan fingerprint density at radius 2 is 2.06 bits per heavy atom. The monoisotopic (exact) mass is 286 g/mol. The van der Waals surface area contributed by atoms with Crippen molar-refractivity contribution in [3.63, 3.8) is 0 Å². The zero-order chi connectivity index (χ0) is 13.1. The maximum Gasteiger partial charge on any atom is 0.0931 e. The van der Waals surface area contributed by atoms with Crippen LogP contribution in [0.3, 0.4) is 0 Å². The molecule has 2 heterocycles. The lowest BCUT2D eigenvalue weighted by Crippen LogP contribution is -2.40. The first kappa shape index (κ1) is 14.3. The average molecular weight is 287 g/mol. The van der Waals surface area contributed by atoms with E-state index in [0.717, 1.165) is 16.2 Å². The molecule has 2 nitrogen and oxygen atoms in total. The Hall–Kier alpha value is -0.0900. The molecule has 1 unspecified atom stereocenters. The number of piperidine rings is 1. The molecule has 1 atom stereocenters. The van der Waals surface area contributed by atoms with E-state index in [-0.39, 0.29) is 0 Å². The zero-order valence-electron chi connectivity index (χ0n) is 11.2. The fourth-order valence-corrected chi connectivity index (χ4v) is 4.06. The number of hydrogen-bond acceptors (Lipinski definition) is 3. The number of nitrogens with zero attached hydrogens (tertiary/aromatic N) is 1. The van der Waals surface area contributed by atoms with Crippen molar-refractivity contribution in [2.75, 3.05) is 19.6 Å². The highest BCUT2D eigenvalue weighted by Gasteiger charge is 2.27. The Morgan fingerprint density at radius 1 is 1.39 bits per heavy atom. The molecule has 0 bridgehead atoms. The van der Waals surface area contributed by atoms with E-state index in [0.29, 0.717) is 12.6 Å². The number of nitrogens with two attached hydrogens (primary N) is 1. The van der Waals surface area contributed by atoms with Crippen LogP contribution in [0.15, 0.2) is 12.1 Å². The predicted molar refractivity (Wildman–Crippen MR) is 80.3 cm³/mol. The van der Waals surface area contributed by atoms with Gasteiger partial charge in [0.2, 0.25) is 0 Å². The van der Waals surface area contributed by atoms with Gasteiger partial charge < -0.3 is 5.73 Å². The van der Waals surface area contributed by atoms with E-state index in [1.54, 1.807) is 11.3 Å². The van der Waals surface area contributed by atoms with Crippen LogP contribution in [0.2, 0.25) is 4.34 Å². The fourth-order valence-electron chi connectivity index (χ4n) is 2.85. The summed E-state index contributed by atoms with van der Waals surface area (Å²) in [6.07, 6.45) is 2.60. The van der Waals surface area contributed by atoms with Crippen molar-refractivity contribution < 1.29 is 0 Å². The van der Waals surface area contributed by atoms with Gasteiger partial charge in [-0.15, -0.1) is 11.3 Å². The SMILES string of the molecule is CC(C)C1CCN(C(CN)c2ccc(Cl)s2)CC1. The second-order valence-electron chi connectivity index (χ2n) is 5.51. The van der Waals surface area contributed by atoms with Gasteiger partial charge in [0.1, 0.15) is 0 Å². The van der Waals surface area contributed by atoms with Gasteiger partial charge in [-0.25, -0.2) is 0 Å².